The first-order valence-corrected chi connectivity index (χ1v) is 4.73. The lowest BCUT2D eigenvalue weighted by Gasteiger charge is -2.46. The normalized spacial score (nSPS) is 46.8. The van der Waals surface area contributed by atoms with Gasteiger partial charge in [0.15, 0.2) is 5.79 Å². The minimum Gasteiger partial charge on any atom is -0.394 e. The summed E-state index contributed by atoms with van der Waals surface area (Å²) in [7, 11) is 2.74. The van der Waals surface area contributed by atoms with Crippen LogP contribution in [-0.2, 0) is 14.2 Å². The molecule has 0 aromatic rings. The molecule has 5 atom stereocenters. The summed E-state index contributed by atoms with van der Waals surface area (Å²) < 4.78 is 15.3. The van der Waals surface area contributed by atoms with Crippen LogP contribution in [0.4, 0.5) is 0 Å². The molecule has 15 heavy (non-hydrogen) atoms. The largest absolute Gasteiger partial charge is 0.394 e. The minimum absolute atomic E-state index is 0.318. The van der Waals surface area contributed by atoms with Crippen LogP contribution >= 0.6 is 0 Å². The Hall–Kier alpha value is -0.240. The molecule has 6 heteroatoms. The van der Waals surface area contributed by atoms with Gasteiger partial charge >= 0.3 is 0 Å². The lowest BCUT2D eigenvalue weighted by molar-refractivity contribution is -0.351. The van der Waals surface area contributed by atoms with E-state index in [4.69, 9.17) is 19.3 Å². The molecule has 3 N–H and O–H groups in total. The lowest BCUT2D eigenvalue weighted by Crippen LogP contribution is -2.65. The maximum atomic E-state index is 9.76. The van der Waals surface area contributed by atoms with E-state index in [1.54, 1.807) is 0 Å². The Morgan fingerprint density at radius 1 is 1.33 bits per heavy atom. The number of hydrogen-bond donors (Lipinski definition) is 3. The van der Waals surface area contributed by atoms with Gasteiger partial charge in [0.05, 0.1) is 6.61 Å². The van der Waals surface area contributed by atoms with Crippen LogP contribution in [0.3, 0.4) is 0 Å². The van der Waals surface area contributed by atoms with E-state index in [0.29, 0.717) is 0 Å². The van der Waals surface area contributed by atoms with Crippen molar-refractivity contribution in [3.05, 3.63) is 0 Å². The minimum atomic E-state index is -1.33. The highest BCUT2D eigenvalue weighted by atomic mass is 16.7. The first kappa shape index (κ1) is 12.8. The number of hydrogen-bond acceptors (Lipinski definition) is 6. The second-order valence-electron chi connectivity index (χ2n) is 3.69. The van der Waals surface area contributed by atoms with Crippen molar-refractivity contribution in [2.75, 3.05) is 20.8 Å². The van der Waals surface area contributed by atoms with E-state index >= 15 is 0 Å². The molecule has 0 bridgehead atoms. The smallest absolute Gasteiger partial charge is 0.194 e. The summed E-state index contributed by atoms with van der Waals surface area (Å²) in [6.07, 6.45) is -3.88. The molecule has 0 aromatic carbocycles. The fourth-order valence-corrected chi connectivity index (χ4v) is 1.75. The second-order valence-corrected chi connectivity index (χ2v) is 3.69. The zero-order valence-electron chi connectivity index (χ0n) is 9.08. The van der Waals surface area contributed by atoms with Gasteiger partial charge in [-0.05, 0) is 6.92 Å². The van der Waals surface area contributed by atoms with Gasteiger partial charge in [-0.3, -0.25) is 0 Å². The van der Waals surface area contributed by atoms with E-state index in [9.17, 15) is 10.2 Å². The first-order valence-electron chi connectivity index (χ1n) is 4.73. The standard InChI is InChI=1S/C9H18O6/c1-9(14-3)8(12)6(11)7(13-2)5(4-10)15-9/h5-8,10-12H,4H2,1-3H3/t5-,6?,7+,8?,9?/m0/s1. The van der Waals surface area contributed by atoms with Gasteiger partial charge in [-0.15, -0.1) is 0 Å². The van der Waals surface area contributed by atoms with Crippen molar-refractivity contribution in [1.82, 2.24) is 0 Å². The van der Waals surface area contributed by atoms with Crippen molar-refractivity contribution in [1.29, 1.82) is 0 Å². The van der Waals surface area contributed by atoms with E-state index in [1.165, 1.54) is 21.1 Å². The van der Waals surface area contributed by atoms with E-state index < -0.39 is 30.2 Å². The molecule has 0 aromatic heterocycles. The molecule has 0 amide bonds. The van der Waals surface area contributed by atoms with Crippen LogP contribution in [-0.4, -0.2) is 66.3 Å². The average molecular weight is 222 g/mol. The third kappa shape index (κ3) is 2.15. The average Bonchev–Trinajstić information content (AvgIpc) is 2.25. The molecule has 0 radical (unpaired) electrons. The number of aliphatic hydroxyl groups excluding tert-OH is 3. The van der Waals surface area contributed by atoms with Crippen molar-refractivity contribution < 1.29 is 29.5 Å². The van der Waals surface area contributed by atoms with Crippen LogP contribution in [0.1, 0.15) is 6.92 Å². The Kier molecular flexibility index (Phi) is 4.05. The van der Waals surface area contributed by atoms with Gasteiger partial charge in [0.1, 0.15) is 24.4 Å². The van der Waals surface area contributed by atoms with E-state index in [2.05, 4.69) is 0 Å². The van der Waals surface area contributed by atoms with Gasteiger partial charge in [0.25, 0.3) is 0 Å². The molecule has 0 spiro atoms. The van der Waals surface area contributed by atoms with Crippen molar-refractivity contribution in [3.63, 3.8) is 0 Å². The molecule has 0 aliphatic carbocycles. The Morgan fingerprint density at radius 2 is 1.93 bits per heavy atom. The fourth-order valence-electron chi connectivity index (χ4n) is 1.75. The van der Waals surface area contributed by atoms with Crippen LogP contribution in [0.5, 0.6) is 0 Å². The number of rotatable bonds is 3. The van der Waals surface area contributed by atoms with Crippen molar-refractivity contribution in [3.8, 4) is 0 Å². The zero-order valence-corrected chi connectivity index (χ0v) is 9.08. The highest BCUT2D eigenvalue weighted by Gasteiger charge is 2.51. The van der Waals surface area contributed by atoms with Gasteiger partial charge < -0.3 is 29.5 Å². The third-order valence-electron chi connectivity index (χ3n) is 2.81. The van der Waals surface area contributed by atoms with Gasteiger partial charge in [-0.1, -0.05) is 0 Å². The fraction of sp³-hybridized carbons (Fsp3) is 1.00. The Balaban J connectivity index is 2.87. The maximum absolute atomic E-state index is 9.76. The summed E-state index contributed by atoms with van der Waals surface area (Å²) in [4.78, 5) is 0. The number of methoxy groups -OCH3 is 2. The highest BCUT2D eigenvalue weighted by Crippen LogP contribution is 2.31. The topological polar surface area (TPSA) is 88.4 Å². The molecule has 3 unspecified atom stereocenters. The van der Waals surface area contributed by atoms with Gasteiger partial charge in [0, 0.05) is 14.2 Å². The molecule has 1 aliphatic rings. The quantitative estimate of drug-likeness (QED) is 0.537. The molecule has 1 rings (SSSR count). The lowest BCUT2D eigenvalue weighted by atomic mass is 9.93. The van der Waals surface area contributed by atoms with Crippen LogP contribution in [0.2, 0.25) is 0 Å². The van der Waals surface area contributed by atoms with Crippen molar-refractivity contribution in [2.45, 2.75) is 37.1 Å². The third-order valence-corrected chi connectivity index (χ3v) is 2.81. The van der Waals surface area contributed by atoms with Gasteiger partial charge in [-0.2, -0.15) is 0 Å². The zero-order chi connectivity index (χ0) is 11.6. The Labute approximate surface area is 88.4 Å². The molecular formula is C9H18O6. The SMILES string of the molecule is CO[C@H]1C(O)C(O)C(C)(OC)O[C@H]1CO. The second kappa shape index (κ2) is 4.73. The molecule has 1 heterocycles. The first-order chi connectivity index (χ1) is 7.00. The molecular weight excluding hydrogens is 204 g/mol. The summed E-state index contributed by atoms with van der Waals surface area (Å²) in [5.74, 6) is -1.33. The predicted molar refractivity (Wildman–Crippen MR) is 50.2 cm³/mol. The number of aliphatic hydroxyl groups is 3. The summed E-state index contributed by atoms with van der Waals surface area (Å²) >= 11 is 0. The number of ether oxygens (including phenoxy) is 3. The Morgan fingerprint density at radius 3 is 2.33 bits per heavy atom. The molecule has 6 nitrogen and oxygen atoms in total. The molecule has 90 valence electrons. The van der Waals surface area contributed by atoms with E-state index in [1.807, 2.05) is 0 Å². The van der Waals surface area contributed by atoms with Crippen LogP contribution in [0.25, 0.3) is 0 Å². The summed E-state index contributed by atoms with van der Waals surface area (Å²) in [6, 6.07) is 0. The molecule has 0 saturated carbocycles. The Bertz CT molecular complexity index is 207. The van der Waals surface area contributed by atoms with Crippen LogP contribution < -0.4 is 0 Å². The molecule has 1 fully saturated rings. The van der Waals surface area contributed by atoms with Gasteiger partial charge in [-0.25, -0.2) is 0 Å². The predicted octanol–water partition coefficient (Wildman–Crippen LogP) is -1.52. The van der Waals surface area contributed by atoms with Gasteiger partial charge in [0.2, 0.25) is 0 Å². The maximum Gasteiger partial charge on any atom is 0.194 e. The van der Waals surface area contributed by atoms with E-state index in [0.717, 1.165) is 0 Å². The highest BCUT2D eigenvalue weighted by molar-refractivity contribution is 4.95. The molecule has 1 saturated heterocycles. The van der Waals surface area contributed by atoms with Crippen LogP contribution in [0, 0.1) is 0 Å². The van der Waals surface area contributed by atoms with Crippen LogP contribution in [0.15, 0.2) is 0 Å². The summed E-state index contributed by atoms with van der Waals surface area (Å²) in [5, 5.41) is 28.6. The van der Waals surface area contributed by atoms with E-state index in [-0.39, 0.29) is 6.61 Å². The molecule has 1 aliphatic heterocycles. The summed E-state index contributed by atoms with van der Waals surface area (Å²) in [6.45, 7) is 1.18. The monoisotopic (exact) mass is 222 g/mol. The van der Waals surface area contributed by atoms with Crippen molar-refractivity contribution in [2.24, 2.45) is 0 Å². The summed E-state index contributed by atoms with van der Waals surface area (Å²) in [5.41, 5.74) is 0. The van der Waals surface area contributed by atoms with Crippen molar-refractivity contribution >= 4 is 0 Å².